The van der Waals surface area contributed by atoms with Crippen molar-refractivity contribution in [2.24, 2.45) is 0 Å². The molecule has 2 aromatic heterocycles. The zero-order chi connectivity index (χ0) is 19.6. The van der Waals surface area contributed by atoms with Crippen LogP contribution in [-0.2, 0) is 10.3 Å². The van der Waals surface area contributed by atoms with E-state index in [2.05, 4.69) is 25.8 Å². The standard InChI is InChI=1S/C16H16F2N6OS2/c1-16(2,3)24-15(21-22-23-24)27-8-13(25)20-14-19-12(7-26-14)9-4-5-10(17)11(18)6-9/h4-7H,8H2,1-3H3,(H,19,20,25). The molecule has 11 heteroatoms. The van der Waals surface area contributed by atoms with Crippen LogP contribution in [0.2, 0.25) is 0 Å². The van der Waals surface area contributed by atoms with Crippen molar-refractivity contribution in [1.29, 1.82) is 0 Å². The van der Waals surface area contributed by atoms with Crippen LogP contribution in [0, 0.1) is 11.6 Å². The lowest BCUT2D eigenvalue weighted by Crippen LogP contribution is -2.24. The number of carbonyl (C=O) groups excluding carboxylic acids is 1. The molecule has 0 unspecified atom stereocenters. The molecular formula is C16H16F2N6OS2. The number of hydrogen-bond donors (Lipinski definition) is 1. The largest absolute Gasteiger partial charge is 0.301 e. The summed E-state index contributed by atoms with van der Waals surface area (Å²) in [6.45, 7) is 5.88. The summed E-state index contributed by atoms with van der Waals surface area (Å²) >= 11 is 2.41. The van der Waals surface area contributed by atoms with Crippen LogP contribution in [0.25, 0.3) is 11.3 Å². The predicted octanol–water partition coefficient (Wildman–Crippen LogP) is 3.56. The highest BCUT2D eigenvalue weighted by Crippen LogP contribution is 2.27. The van der Waals surface area contributed by atoms with E-state index in [9.17, 15) is 13.6 Å². The van der Waals surface area contributed by atoms with Gasteiger partial charge in [-0.25, -0.2) is 18.4 Å². The lowest BCUT2D eigenvalue weighted by Gasteiger charge is -2.19. The number of tetrazole rings is 1. The Hall–Kier alpha value is -2.40. The molecule has 1 aromatic carbocycles. The molecule has 0 radical (unpaired) electrons. The Morgan fingerprint density at radius 3 is 2.78 bits per heavy atom. The molecule has 0 bridgehead atoms. The molecule has 3 aromatic rings. The topological polar surface area (TPSA) is 85.6 Å². The normalized spacial score (nSPS) is 11.6. The van der Waals surface area contributed by atoms with Crippen molar-refractivity contribution in [3.8, 4) is 11.3 Å². The summed E-state index contributed by atoms with van der Waals surface area (Å²) in [5.41, 5.74) is 0.597. The maximum absolute atomic E-state index is 13.3. The van der Waals surface area contributed by atoms with Gasteiger partial charge in [0.05, 0.1) is 17.0 Å². The van der Waals surface area contributed by atoms with Crippen molar-refractivity contribution in [2.75, 3.05) is 11.1 Å². The van der Waals surface area contributed by atoms with Gasteiger partial charge in [0.15, 0.2) is 16.8 Å². The van der Waals surface area contributed by atoms with Crippen LogP contribution >= 0.6 is 23.1 Å². The molecule has 27 heavy (non-hydrogen) atoms. The number of anilines is 1. The predicted molar refractivity (Wildman–Crippen MR) is 99.6 cm³/mol. The van der Waals surface area contributed by atoms with Gasteiger partial charge in [0, 0.05) is 10.9 Å². The highest BCUT2D eigenvalue weighted by molar-refractivity contribution is 7.99. The van der Waals surface area contributed by atoms with Crippen LogP contribution in [0.15, 0.2) is 28.7 Å². The molecule has 0 atom stereocenters. The van der Waals surface area contributed by atoms with Gasteiger partial charge >= 0.3 is 0 Å². The molecule has 0 aliphatic heterocycles. The third-order valence-electron chi connectivity index (χ3n) is 3.37. The van der Waals surface area contributed by atoms with Crippen LogP contribution in [0.1, 0.15) is 20.8 Å². The molecule has 0 aliphatic rings. The Labute approximate surface area is 162 Å². The van der Waals surface area contributed by atoms with Crippen LogP contribution in [0.3, 0.4) is 0 Å². The van der Waals surface area contributed by atoms with E-state index < -0.39 is 11.6 Å². The lowest BCUT2D eigenvalue weighted by atomic mass is 10.1. The molecule has 7 nitrogen and oxygen atoms in total. The van der Waals surface area contributed by atoms with E-state index in [1.165, 1.54) is 29.2 Å². The summed E-state index contributed by atoms with van der Waals surface area (Å²) in [4.78, 5) is 16.4. The molecule has 0 aliphatic carbocycles. The molecule has 0 saturated heterocycles. The minimum atomic E-state index is -0.945. The van der Waals surface area contributed by atoms with Gasteiger partial charge in [0.2, 0.25) is 11.1 Å². The number of thioether (sulfide) groups is 1. The Morgan fingerprint density at radius 2 is 2.07 bits per heavy atom. The number of nitrogens with zero attached hydrogens (tertiary/aromatic N) is 5. The Bertz CT molecular complexity index is 966. The van der Waals surface area contributed by atoms with Crippen molar-refractivity contribution in [3.63, 3.8) is 0 Å². The van der Waals surface area contributed by atoms with Crippen LogP contribution in [0.4, 0.5) is 13.9 Å². The van der Waals surface area contributed by atoms with Crippen molar-refractivity contribution in [1.82, 2.24) is 25.2 Å². The number of thiazole rings is 1. The number of rotatable bonds is 5. The van der Waals surface area contributed by atoms with E-state index in [0.29, 0.717) is 21.5 Å². The lowest BCUT2D eigenvalue weighted by molar-refractivity contribution is -0.113. The van der Waals surface area contributed by atoms with Gasteiger partial charge in [-0.15, -0.1) is 16.4 Å². The molecule has 2 heterocycles. The molecule has 0 fully saturated rings. The molecule has 1 N–H and O–H groups in total. The van der Waals surface area contributed by atoms with Crippen molar-refractivity contribution in [3.05, 3.63) is 35.2 Å². The van der Waals surface area contributed by atoms with Gasteiger partial charge in [-0.1, -0.05) is 11.8 Å². The SMILES string of the molecule is CC(C)(C)n1nnnc1SCC(=O)Nc1nc(-c2ccc(F)c(F)c2)cs1. The van der Waals surface area contributed by atoms with Crippen LogP contribution in [-0.4, -0.2) is 36.9 Å². The van der Waals surface area contributed by atoms with Gasteiger partial charge < -0.3 is 5.32 Å². The summed E-state index contributed by atoms with van der Waals surface area (Å²) in [6.07, 6.45) is 0. The van der Waals surface area contributed by atoms with Gasteiger partial charge in [-0.2, -0.15) is 0 Å². The average molecular weight is 410 g/mol. The van der Waals surface area contributed by atoms with E-state index in [0.717, 1.165) is 12.1 Å². The van der Waals surface area contributed by atoms with Gasteiger partial charge in [-0.3, -0.25) is 4.79 Å². The molecule has 3 rings (SSSR count). The number of hydrogen-bond acceptors (Lipinski definition) is 7. The number of amides is 1. The van der Waals surface area contributed by atoms with E-state index in [1.54, 1.807) is 10.1 Å². The smallest absolute Gasteiger partial charge is 0.236 e. The second kappa shape index (κ2) is 7.69. The number of nitrogens with one attached hydrogen (secondary N) is 1. The van der Waals surface area contributed by atoms with Gasteiger partial charge in [-0.05, 0) is 49.4 Å². The van der Waals surface area contributed by atoms with E-state index in [-0.39, 0.29) is 17.2 Å². The fourth-order valence-electron chi connectivity index (χ4n) is 2.09. The fraction of sp³-hybridized carbons (Fsp3) is 0.312. The summed E-state index contributed by atoms with van der Waals surface area (Å²) in [5, 5.41) is 16.8. The number of carbonyl (C=O) groups is 1. The monoisotopic (exact) mass is 410 g/mol. The molecule has 0 saturated carbocycles. The van der Waals surface area contributed by atoms with E-state index in [4.69, 9.17) is 0 Å². The Morgan fingerprint density at radius 1 is 1.30 bits per heavy atom. The van der Waals surface area contributed by atoms with Crippen LogP contribution < -0.4 is 5.32 Å². The zero-order valence-corrected chi connectivity index (χ0v) is 16.4. The summed E-state index contributed by atoms with van der Waals surface area (Å²) in [6, 6.07) is 3.54. The van der Waals surface area contributed by atoms with Crippen LogP contribution in [0.5, 0.6) is 0 Å². The number of halogens is 2. The van der Waals surface area contributed by atoms with Crippen molar-refractivity contribution < 1.29 is 13.6 Å². The highest BCUT2D eigenvalue weighted by Gasteiger charge is 2.20. The fourth-order valence-corrected chi connectivity index (χ4v) is 3.69. The molecular weight excluding hydrogens is 394 g/mol. The molecule has 1 amide bonds. The van der Waals surface area contributed by atoms with Gasteiger partial charge in [0.1, 0.15) is 0 Å². The Balaban J connectivity index is 1.61. The van der Waals surface area contributed by atoms with Crippen molar-refractivity contribution >= 4 is 34.1 Å². The van der Waals surface area contributed by atoms with E-state index in [1.807, 2.05) is 20.8 Å². The summed E-state index contributed by atoms with van der Waals surface area (Å²) in [7, 11) is 0. The first-order valence-corrected chi connectivity index (χ1v) is 9.73. The first kappa shape index (κ1) is 19.4. The molecule has 0 spiro atoms. The quantitative estimate of drug-likeness (QED) is 0.648. The minimum absolute atomic E-state index is 0.108. The second-order valence-corrected chi connectivity index (χ2v) is 8.35. The minimum Gasteiger partial charge on any atom is -0.301 e. The third-order valence-corrected chi connectivity index (χ3v) is 5.05. The van der Waals surface area contributed by atoms with Gasteiger partial charge in [0.25, 0.3) is 0 Å². The summed E-state index contributed by atoms with van der Waals surface area (Å²) in [5.74, 6) is -2.03. The molecule has 142 valence electrons. The Kier molecular flexibility index (Phi) is 5.51. The summed E-state index contributed by atoms with van der Waals surface area (Å²) < 4.78 is 28.0. The first-order valence-electron chi connectivity index (χ1n) is 7.86. The van der Waals surface area contributed by atoms with E-state index >= 15 is 0 Å². The number of aromatic nitrogens is 5. The van der Waals surface area contributed by atoms with Crippen molar-refractivity contribution in [2.45, 2.75) is 31.5 Å². The first-order chi connectivity index (χ1) is 12.7. The maximum Gasteiger partial charge on any atom is 0.236 e. The second-order valence-electron chi connectivity index (χ2n) is 6.55. The zero-order valence-electron chi connectivity index (χ0n) is 14.7. The number of benzene rings is 1. The maximum atomic E-state index is 13.3. The third kappa shape index (κ3) is 4.66. The average Bonchev–Trinajstić information content (AvgIpc) is 3.24. The highest BCUT2D eigenvalue weighted by atomic mass is 32.2.